The van der Waals surface area contributed by atoms with Crippen LogP contribution in [0.4, 0.5) is 0 Å². The normalized spacial score (nSPS) is 10.7. The van der Waals surface area contributed by atoms with Gasteiger partial charge in [-0.05, 0) is 45.0 Å². The van der Waals surface area contributed by atoms with Gasteiger partial charge in [0.25, 0.3) is 0 Å². The minimum absolute atomic E-state index is 0.158. The van der Waals surface area contributed by atoms with Crippen molar-refractivity contribution in [2.24, 2.45) is 5.92 Å². The lowest BCUT2D eigenvalue weighted by Crippen LogP contribution is -2.28. The summed E-state index contributed by atoms with van der Waals surface area (Å²) in [7, 11) is 3.01. The van der Waals surface area contributed by atoms with Crippen molar-refractivity contribution in [3.8, 4) is 11.5 Å². The first-order valence-electron chi connectivity index (χ1n) is 11.3. The molecule has 2 aromatic carbocycles. The lowest BCUT2D eigenvalue weighted by atomic mass is 9.93. The van der Waals surface area contributed by atoms with Crippen LogP contribution in [-0.2, 0) is 23.9 Å². The number of Topliss-reactive ketones (excluding diaryl/α,β-unsaturated/α-hetero) is 3. The fourth-order valence-corrected chi connectivity index (χ4v) is 3.03. The van der Waals surface area contributed by atoms with Crippen LogP contribution in [0.25, 0.3) is 0 Å². The van der Waals surface area contributed by atoms with Crippen molar-refractivity contribution >= 4 is 29.3 Å². The van der Waals surface area contributed by atoms with Crippen molar-refractivity contribution in [1.29, 1.82) is 0 Å². The average molecular weight is 501 g/mol. The van der Waals surface area contributed by atoms with E-state index in [1.165, 1.54) is 27.2 Å². The summed E-state index contributed by atoms with van der Waals surface area (Å²) < 4.78 is 19.6. The highest BCUT2D eigenvalue weighted by Gasteiger charge is 2.30. The van der Waals surface area contributed by atoms with Crippen LogP contribution in [0.1, 0.15) is 54.3 Å². The van der Waals surface area contributed by atoms with Gasteiger partial charge in [0.1, 0.15) is 29.6 Å². The van der Waals surface area contributed by atoms with Crippen molar-refractivity contribution in [2.75, 3.05) is 27.4 Å². The molecule has 0 bridgehead atoms. The summed E-state index contributed by atoms with van der Waals surface area (Å²) >= 11 is 0. The van der Waals surface area contributed by atoms with Crippen LogP contribution >= 0.6 is 0 Å². The second-order valence-electron chi connectivity index (χ2n) is 7.44. The molecule has 0 saturated heterocycles. The van der Waals surface area contributed by atoms with E-state index in [-0.39, 0.29) is 37.6 Å². The monoisotopic (exact) mass is 500 g/mol. The summed E-state index contributed by atoms with van der Waals surface area (Å²) in [6.07, 6.45) is -0.393. The van der Waals surface area contributed by atoms with Crippen LogP contribution in [0.3, 0.4) is 0 Å². The lowest BCUT2D eigenvalue weighted by Gasteiger charge is -2.13. The van der Waals surface area contributed by atoms with Gasteiger partial charge in [-0.25, -0.2) is 0 Å². The van der Waals surface area contributed by atoms with E-state index in [9.17, 15) is 24.0 Å². The highest BCUT2D eigenvalue weighted by Crippen LogP contribution is 2.19. The number of esters is 2. The van der Waals surface area contributed by atoms with Gasteiger partial charge in [-0.2, -0.15) is 0 Å². The van der Waals surface area contributed by atoms with Gasteiger partial charge in [-0.3, -0.25) is 24.0 Å². The Hall–Kier alpha value is -4.01. The summed E-state index contributed by atoms with van der Waals surface area (Å²) in [5, 5.41) is 0. The van der Waals surface area contributed by atoms with E-state index in [1.807, 2.05) is 0 Å². The Morgan fingerprint density at radius 2 is 1.31 bits per heavy atom. The maximum atomic E-state index is 12.4. The summed E-state index contributed by atoms with van der Waals surface area (Å²) in [5.41, 5.74) is 0.774. The second-order valence-corrected chi connectivity index (χ2v) is 7.44. The number of carbonyl (C=O) groups excluding carboxylic acids is 5. The van der Waals surface area contributed by atoms with Crippen molar-refractivity contribution < 1.29 is 42.9 Å². The first-order chi connectivity index (χ1) is 17.2. The fraction of sp³-hybridized carbons (Fsp3) is 0.370. The van der Waals surface area contributed by atoms with Crippen LogP contribution in [0.15, 0.2) is 48.5 Å². The third-order valence-electron chi connectivity index (χ3n) is 4.74. The fourth-order valence-electron chi connectivity index (χ4n) is 3.03. The number of carbonyl (C=O) groups is 5. The van der Waals surface area contributed by atoms with E-state index in [0.717, 1.165) is 0 Å². The molecule has 0 aromatic heterocycles. The van der Waals surface area contributed by atoms with Gasteiger partial charge in [-0.1, -0.05) is 24.3 Å². The zero-order valence-corrected chi connectivity index (χ0v) is 21.2. The molecule has 0 N–H and O–H groups in total. The summed E-state index contributed by atoms with van der Waals surface area (Å²) in [6.45, 7) is 5.14. The number of ketones is 3. The molecule has 9 nitrogen and oxygen atoms in total. The zero-order chi connectivity index (χ0) is 27.1. The third kappa shape index (κ3) is 10.1. The molecule has 0 saturated carbocycles. The molecule has 0 aliphatic rings. The molecule has 1 atom stereocenters. The molecule has 0 aliphatic carbocycles. The molecule has 1 unspecified atom stereocenters. The number of ether oxygens (including phenoxy) is 4. The minimum Gasteiger partial charge on any atom is -0.497 e. The number of hydrogen-bond acceptors (Lipinski definition) is 9. The molecule has 9 heteroatoms. The average Bonchev–Trinajstić information content (AvgIpc) is 2.87. The maximum Gasteiger partial charge on any atom is 0.317 e. The number of hydrogen-bond donors (Lipinski definition) is 0. The SMILES string of the molecule is CCOC(=O)C(CC(C)=O)C(=O)c1cccc(OC)c1.CCOC(=O)CC(=O)c1cccc(OC)c1. The van der Waals surface area contributed by atoms with Gasteiger partial charge in [0.15, 0.2) is 11.6 Å². The van der Waals surface area contributed by atoms with Crippen LogP contribution in [0.5, 0.6) is 11.5 Å². The van der Waals surface area contributed by atoms with E-state index in [2.05, 4.69) is 0 Å². The molecule has 2 aromatic rings. The van der Waals surface area contributed by atoms with Crippen molar-refractivity contribution in [2.45, 2.75) is 33.6 Å². The molecular weight excluding hydrogens is 468 g/mol. The Balaban J connectivity index is 0.000000369. The Morgan fingerprint density at radius 1 is 0.778 bits per heavy atom. The predicted molar refractivity (Wildman–Crippen MR) is 131 cm³/mol. The summed E-state index contributed by atoms with van der Waals surface area (Å²) in [6, 6.07) is 13.2. The molecule has 0 spiro atoms. The van der Waals surface area contributed by atoms with Crippen molar-refractivity contribution in [3.05, 3.63) is 59.7 Å². The van der Waals surface area contributed by atoms with Gasteiger partial charge in [0, 0.05) is 17.5 Å². The predicted octanol–water partition coefficient (Wildman–Crippen LogP) is 3.87. The maximum absolute atomic E-state index is 12.4. The topological polar surface area (TPSA) is 122 Å². The third-order valence-corrected chi connectivity index (χ3v) is 4.74. The zero-order valence-electron chi connectivity index (χ0n) is 21.2. The van der Waals surface area contributed by atoms with Gasteiger partial charge < -0.3 is 18.9 Å². The Morgan fingerprint density at radius 3 is 1.81 bits per heavy atom. The van der Waals surface area contributed by atoms with E-state index >= 15 is 0 Å². The molecule has 194 valence electrons. The standard InChI is InChI=1S/C15H18O5.C12H14O4/c1-4-20-15(18)13(8-10(2)16)14(17)11-6-5-7-12(9-11)19-3;1-3-16-12(14)8-11(13)9-5-4-6-10(7-9)15-2/h5-7,9,13H,4,8H2,1-3H3;4-7H,3,8H2,1-2H3. The lowest BCUT2D eigenvalue weighted by molar-refractivity contribution is -0.147. The van der Waals surface area contributed by atoms with Crippen LogP contribution in [-0.4, -0.2) is 56.7 Å². The molecule has 0 heterocycles. The molecule has 36 heavy (non-hydrogen) atoms. The Kier molecular flexibility index (Phi) is 13.2. The first kappa shape index (κ1) is 30.0. The van der Waals surface area contributed by atoms with E-state index in [1.54, 1.807) is 56.3 Å². The molecular formula is C27H32O9. The van der Waals surface area contributed by atoms with Gasteiger partial charge in [-0.15, -0.1) is 0 Å². The minimum atomic E-state index is -1.10. The van der Waals surface area contributed by atoms with Crippen molar-refractivity contribution in [3.63, 3.8) is 0 Å². The Bertz CT molecular complexity index is 1060. The molecule has 0 fully saturated rings. The van der Waals surface area contributed by atoms with Crippen LogP contribution in [0.2, 0.25) is 0 Å². The van der Waals surface area contributed by atoms with Crippen LogP contribution in [0, 0.1) is 5.92 Å². The number of methoxy groups -OCH3 is 2. The quantitative estimate of drug-likeness (QED) is 0.243. The smallest absolute Gasteiger partial charge is 0.317 e. The van der Waals surface area contributed by atoms with Gasteiger partial charge in [0.2, 0.25) is 0 Å². The van der Waals surface area contributed by atoms with Gasteiger partial charge >= 0.3 is 11.9 Å². The van der Waals surface area contributed by atoms with Gasteiger partial charge in [0.05, 0.1) is 27.4 Å². The first-order valence-corrected chi connectivity index (χ1v) is 11.3. The second kappa shape index (κ2) is 15.8. The molecule has 0 radical (unpaired) electrons. The molecule has 0 aliphatic heterocycles. The molecule has 2 rings (SSSR count). The van der Waals surface area contributed by atoms with E-state index < -0.39 is 23.6 Å². The van der Waals surface area contributed by atoms with Crippen molar-refractivity contribution in [1.82, 2.24) is 0 Å². The van der Waals surface area contributed by atoms with Crippen LogP contribution < -0.4 is 9.47 Å². The highest BCUT2D eigenvalue weighted by atomic mass is 16.5. The summed E-state index contributed by atoms with van der Waals surface area (Å²) in [4.78, 5) is 58.2. The number of rotatable bonds is 12. The largest absolute Gasteiger partial charge is 0.497 e. The molecule has 0 amide bonds. The number of benzene rings is 2. The van der Waals surface area contributed by atoms with E-state index in [4.69, 9.17) is 18.9 Å². The van der Waals surface area contributed by atoms with E-state index in [0.29, 0.717) is 22.6 Å². The highest BCUT2D eigenvalue weighted by molar-refractivity contribution is 6.10. The summed E-state index contributed by atoms with van der Waals surface area (Å²) in [5.74, 6) is -2.10. The Labute approximate surface area is 210 Å².